The maximum atomic E-state index is 12.7. The largest absolute Gasteiger partial charge is 0.353 e. The van der Waals surface area contributed by atoms with Gasteiger partial charge in [-0.1, -0.05) is 60.7 Å². The monoisotopic (exact) mass is 393 g/mol. The molecule has 6 nitrogen and oxygen atoms in total. The lowest BCUT2D eigenvalue weighted by molar-refractivity contribution is -0.126. The second-order valence-electron chi connectivity index (χ2n) is 7.42. The van der Waals surface area contributed by atoms with Crippen LogP contribution in [0.3, 0.4) is 0 Å². The van der Waals surface area contributed by atoms with Crippen LogP contribution in [0.15, 0.2) is 60.7 Å². The maximum absolute atomic E-state index is 12.7. The quantitative estimate of drug-likeness (QED) is 0.601. The van der Waals surface area contributed by atoms with Crippen molar-refractivity contribution in [2.24, 2.45) is 0 Å². The number of hydrogen-bond acceptors (Lipinski definition) is 3. The highest BCUT2D eigenvalue weighted by atomic mass is 16.2. The Labute approximate surface area is 171 Å². The standard InChI is InChI=1S/C23H27N3O3/c27-16-24-22(18-9-5-2-6-10-18)23(29)26-20-13-11-19(12-14-20)25-21(28)15-17-7-3-1-4-8-17/h1-10,16,19-20,22H,11-15H2,(H,24,27)(H,25,28)(H,26,29)/t19-,20-,22-/m0/s1. The normalized spacial score (nSPS) is 19.6. The topological polar surface area (TPSA) is 87.3 Å². The third kappa shape index (κ3) is 6.17. The highest BCUT2D eigenvalue weighted by molar-refractivity contribution is 5.85. The van der Waals surface area contributed by atoms with Gasteiger partial charge < -0.3 is 16.0 Å². The number of carbonyl (C=O) groups excluding carboxylic acids is 3. The van der Waals surface area contributed by atoms with Crippen LogP contribution in [-0.2, 0) is 20.8 Å². The Balaban J connectivity index is 1.45. The fraction of sp³-hybridized carbons (Fsp3) is 0.348. The van der Waals surface area contributed by atoms with Gasteiger partial charge in [-0.3, -0.25) is 14.4 Å². The van der Waals surface area contributed by atoms with Crippen LogP contribution in [-0.4, -0.2) is 30.3 Å². The van der Waals surface area contributed by atoms with Gasteiger partial charge in [-0.15, -0.1) is 0 Å². The highest BCUT2D eigenvalue weighted by Gasteiger charge is 2.27. The molecule has 3 N–H and O–H groups in total. The molecule has 0 aromatic heterocycles. The fourth-order valence-corrected chi connectivity index (χ4v) is 3.76. The second-order valence-corrected chi connectivity index (χ2v) is 7.42. The number of rotatable bonds is 8. The molecule has 2 aromatic rings. The molecule has 0 spiro atoms. The summed E-state index contributed by atoms with van der Waals surface area (Å²) in [6, 6.07) is 18.4. The molecule has 2 aromatic carbocycles. The molecule has 0 aliphatic heterocycles. The molecule has 0 bridgehead atoms. The summed E-state index contributed by atoms with van der Waals surface area (Å²) < 4.78 is 0. The van der Waals surface area contributed by atoms with Gasteiger partial charge >= 0.3 is 0 Å². The Morgan fingerprint density at radius 3 is 2.00 bits per heavy atom. The van der Waals surface area contributed by atoms with Gasteiger partial charge in [0.1, 0.15) is 6.04 Å². The number of carbonyl (C=O) groups is 3. The maximum Gasteiger partial charge on any atom is 0.247 e. The predicted molar refractivity (Wildman–Crippen MR) is 111 cm³/mol. The van der Waals surface area contributed by atoms with Crippen LogP contribution < -0.4 is 16.0 Å². The van der Waals surface area contributed by atoms with E-state index in [0.717, 1.165) is 36.8 Å². The first-order chi connectivity index (χ1) is 14.2. The first-order valence-electron chi connectivity index (χ1n) is 10.0. The Morgan fingerprint density at radius 1 is 0.862 bits per heavy atom. The molecule has 6 heteroatoms. The van der Waals surface area contributed by atoms with Crippen LogP contribution >= 0.6 is 0 Å². The molecule has 152 valence electrons. The molecule has 1 aliphatic rings. The lowest BCUT2D eigenvalue weighted by atomic mass is 9.90. The third-order valence-corrected chi connectivity index (χ3v) is 5.28. The van der Waals surface area contributed by atoms with E-state index in [1.165, 1.54) is 0 Å². The zero-order valence-electron chi connectivity index (χ0n) is 16.3. The van der Waals surface area contributed by atoms with Crippen LogP contribution in [0.25, 0.3) is 0 Å². The highest BCUT2D eigenvalue weighted by Crippen LogP contribution is 2.20. The summed E-state index contributed by atoms with van der Waals surface area (Å²) in [5.74, 6) is -0.178. The molecule has 1 fully saturated rings. The summed E-state index contributed by atoms with van der Waals surface area (Å²) in [5.41, 5.74) is 1.75. The fourth-order valence-electron chi connectivity index (χ4n) is 3.76. The van der Waals surface area contributed by atoms with Crippen molar-refractivity contribution in [3.8, 4) is 0 Å². The van der Waals surface area contributed by atoms with E-state index < -0.39 is 6.04 Å². The van der Waals surface area contributed by atoms with Crippen molar-refractivity contribution in [2.45, 2.75) is 50.2 Å². The molecule has 1 atom stereocenters. The summed E-state index contributed by atoms with van der Waals surface area (Å²) in [5, 5.41) is 8.74. The Bertz CT molecular complexity index is 803. The minimum absolute atomic E-state index is 0.0306. The lowest BCUT2D eigenvalue weighted by Crippen LogP contribution is -2.46. The molecular weight excluding hydrogens is 366 g/mol. The van der Waals surface area contributed by atoms with E-state index in [4.69, 9.17) is 0 Å². The Kier molecular flexibility index (Phi) is 7.39. The van der Waals surface area contributed by atoms with Gasteiger partial charge in [-0.2, -0.15) is 0 Å². The molecular formula is C23H27N3O3. The van der Waals surface area contributed by atoms with Crippen LogP contribution in [0.1, 0.15) is 42.9 Å². The molecule has 0 saturated heterocycles. The number of hydrogen-bond donors (Lipinski definition) is 3. The lowest BCUT2D eigenvalue weighted by Gasteiger charge is -2.30. The molecule has 0 unspecified atom stereocenters. The van der Waals surface area contributed by atoms with E-state index in [1.54, 1.807) is 0 Å². The second kappa shape index (κ2) is 10.4. The van der Waals surface area contributed by atoms with Crippen LogP contribution in [0.2, 0.25) is 0 Å². The Hall–Kier alpha value is -3.15. The zero-order valence-corrected chi connectivity index (χ0v) is 16.3. The molecule has 1 saturated carbocycles. The van der Waals surface area contributed by atoms with Crippen LogP contribution in [0.5, 0.6) is 0 Å². The van der Waals surface area contributed by atoms with E-state index >= 15 is 0 Å². The molecule has 0 heterocycles. The molecule has 29 heavy (non-hydrogen) atoms. The van der Waals surface area contributed by atoms with Crippen molar-refractivity contribution in [1.29, 1.82) is 0 Å². The molecule has 1 aliphatic carbocycles. The molecule has 3 rings (SSSR count). The number of amides is 3. The summed E-state index contributed by atoms with van der Waals surface area (Å²) >= 11 is 0. The van der Waals surface area contributed by atoms with E-state index in [-0.39, 0.29) is 23.9 Å². The number of nitrogens with one attached hydrogen (secondary N) is 3. The smallest absolute Gasteiger partial charge is 0.247 e. The third-order valence-electron chi connectivity index (χ3n) is 5.28. The average molecular weight is 393 g/mol. The van der Waals surface area contributed by atoms with Crippen molar-refractivity contribution in [3.63, 3.8) is 0 Å². The van der Waals surface area contributed by atoms with E-state index in [2.05, 4.69) is 16.0 Å². The number of benzene rings is 2. The average Bonchev–Trinajstić information content (AvgIpc) is 2.74. The molecule has 3 amide bonds. The van der Waals surface area contributed by atoms with Crippen molar-refractivity contribution < 1.29 is 14.4 Å². The van der Waals surface area contributed by atoms with Crippen LogP contribution in [0, 0.1) is 0 Å². The summed E-state index contributed by atoms with van der Waals surface area (Å²) in [6.45, 7) is 0. The van der Waals surface area contributed by atoms with Gasteiger partial charge in [-0.05, 0) is 36.8 Å². The van der Waals surface area contributed by atoms with Crippen molar-refractivity contribution in [3.05, 3.63) is 71.8 Å². The van der Waals surface area contributed by atoms with Crippen LogP contribution in [0.4, 0.5) is 0 Å². The van der Waals surface area contributed by atoms with E-state index in [1.807, 2.05) is 60.7 Å². The SMILES string of the molecule is O=CN[C@H](C(=O)N[C@H]1CC[C@H](NC(=O)Cc2ccccc2)CC1)c1ccccc1. The van der Waals surface area contributed by atoms with Crippen molar-refractivity contribution in [2.75, 3.05) is 0 Å². The predicted octanol–water partition coefficient (Wildman–Crippen LogP) is 2.26. The van der Waals surface area contributed by atoms with Gasteiger partial charge in [0.05, 0.1) is 6.42 Å². The van der Waals surface area contributed by atoms with E-state index in [9.17, 15) is 14.4 Å². The summed E-state index contributed by atoms with van der Waals surface area (Å²) in [4.78, 5) is 35.8. The zero-order chi connectivity index (χ0) is 20.5. The minimum Gasteiger partial charge on any atom is -0.353 e. The van der Waals surface area contributed by atoms with Crippen molar-refractivity contribution in [1.82, 2.24) is 16.0 Å². The summed E-state index contributed by atoms with van der Waals surface area (Å²) in [7, 11) is 0. The van der Waals surface area contributed by atoms with E-state index in [0.29, 0.717) is 12.8 Å². The van der Waals surface area contributed by atoms with Crippen molar-refractivity contribution >= 4 is 18.2 Å². The summed E-state index contributed by atoms with van der Waals surface area (Å²) in [6.07, 6.45) is 4.17. The Morgan fingerprint density at radius 2 is 1.41 bits per heavy atom. The first-order valence-corrected chi connectivity index (χ1v) is 10.0. The van der Waals surface area contributed by atoms with Gasteiger partial charge in [0.15, 0.2) is 0 Å². The van der Waals surface area contributed by atoms with Gasteiger partial charge in [0.25, 0.3) is 0 Å². The molecule has 0 radical (unpaired) electrons. The van der Waals surface area contributed by atoms with Gasteiger partial charge in [0.2, 0.25) is 18.2 Å². The first kappa shape index (κ1) is 20.6. The van der Waals surface area contributed by atoms with Gasteiger partial charge in [-0.25, -0.2) is 0 Å². The minimum atomic E-state index is -0.697. The van der Waals surface area contributed by atoms with Gasteiger partial charge in [0, 0.05) is 12.1 Å².